The number of aromatic nitrogens is 3. The number of benzene rings is 1. The minimum absolute atomic E-state index is 0.724. The van der Waals surface area contributed by atoms with E-state index in [4.69, 9.17) is 9.97 Å². The highest BCUT2D eigenvalue weighted by Crippen LogP contribution is 2.26. The Morgan fingerprint density at radius 2 is 1.78 bits per heavy atom. The maximum Gasteiger partial charge on any atom is 0.145 e. The molecule has 0 atom stereocenters. The zero-order chi connectivity index (χ0) is 18.6. The van der Waals surface area contributed by atoms with Crippen LogP contribution in [0.4, 0.5) is 5.82 Å². The number of para-hydroxylation sites is 1. The molecular formula is C21H27N5S. The number of fused-ring (bicyclic) bond motifs is 1. The number of anilines is 1. The second-order valence-corrected chi connectivity index (χ2v) is 8.47. The lowest BCUT2D eigenvalue weighted by Crippen LogP contribution is -2.26. The Morgan fingerprint density at radius 1 is 1.00 bits per heavy atom. The van der Waals surface area contributed by atoms with Crippen LogP contribution in [0.25, 0.3) is 10.9 Å². The maximum atomic E-state index is 5.01. The Morgan fingerprint density at radius 3 is 2.52 bits per heavy atom. The van der Waals surface area contributed by atoms with Gasteiger partial charge in [-0.15, -0.1) is 11.3 Å². The van der Waals surface area contributed by atoms with Gasteiger partial charge in [0.15, 0.2) is 0 Å². The van der Waals surface area contributed by atoms with Gasteiger partial charge in [-0.2, -0.15) is 0 Å². The van der Waals surface area contributed by atoms with Crippen molar-refractivity contribution in [2.24, 2.45) is 0 Å². The van der Waals surface area contributed by atoms with E-state index >= 15 is 0 Å². The fourth-order valence-corrected chi connectivity index (χ4v) is 4.36. The molecule has 1 fully saturated rings. The Kier molecular flexibility index (Phi) is 5.64. The number of hydrogen-bond acceptors (Lipinski definition) is 6. The van der Waals surface area contributed by atoms with Gasteiger partial charge in [0.25, 0.3) is 0 Å². The molecule has 1 saturated heterocycles. The van der Waals surface area contributed by atoms with Crippen molar-refractivity contribution in [3.05, 3.63) is 46.2 Å². The van der Waals surface area contributed by atoms with Gasteiger partial charge in [-0.25, -0.2) is 15.0 Å². The van der Waals surface area contributed by atoms with Crippen LogP contribution in [0.15, 0.2) is 29.6 Å². The monoisotopic (exact) mass is 381 g/mol. The van der Waals surface area contributed by atoms with Crippen molar-refractivity contribution in [1.82, 2.24) is 19.9 Å². The smallest absolute Gasteiger partial charge is 0.145 e. The first kappa shape index (κ1) is 18.3. The van der Waals surface area contributed by atoms with Crippen molar-refractivity contribution in [2.45, 2.75) is 45.7 Å². The molecule has 142 valence electrons. The zero-order valence-electron chi connectivity index (χ0n) is 16.2. The van der Waals surface area contributed by atoms with E-state index in [-0.39, 0.29) is 0 Å². The van der Waals surface area contributed by atoms with Crippen LogP contribution in [-0.4, -0.2) is 40.0 Å². The summed E-state index contributed by atoms with van der Waals surface area (Å²) < 4.78 is 0. The molecule has 1 aromatic carbocycles. The van der Waals surface area contributed by atoms with E-state index in [1.165, 1.54) is 31.1 Å². The summed E-state index contributed by atoms with van der Waals surface area (Å²) in [6.45, 7) is 5.78. The molecule has 5 nitrogen and oxygen atoms in total. The average Bonchev–Trinajstić information content (AvgIpc) is 2.91. The summed E-state index contributed by atoms with van der Waals surface area (Å²) in [6.07, 6.45) is 5.14. The van der Waals surface area contributed by atoms with Crippen molar-refractivity contribution < 1.29 is 0 Å². The van der Waals surface area contributed by atoms with Gasteiger partial charge in [0.2, 0.25) is 0 Å². The molecule has 0 spiro atoms. The van der Waals surface area contributed by atoms with Crippen LogP contribution in [0.3, 0.4) is 0 Å². The minimum atomic E-state index is 0.724. The Bertz CT molecular complexity index is 898. The molecule has 4 rings (SSSR count). The number of aryl methyl sites for hydroxylation is 1. The van der Waals surface area contributed by atoms with Gasteiger partial charge >= 0.3 is 0 Å². The van der Waals surface area contributed by atoms with Crippen molar-refractivity contribution in [2.75, 3.05) is 25.0 Å². The summed E-state index contributed by atoms with van der Waals surface area (Å²) in [5.74, 6) is 2.00. The Balaban J connectivity index is 1.60. The van der Waals surface area contributed by atoms with Crippen LogP contribution >= 0.6 is 11.3 Å². The van der Waals surface area contributed by atoms with Crippen molar-refractivity contribution in [1.29, 1.82) is 0 Å². The first-order chi connectivity index (χ1) is 13.2. The highest BCUT2D eigenvalue weighted by Gasteiger charge is 2.17. The predicted octanol–water partition coefficient (Wildman–Crippen LogP) is 4.41. The summed E-state index contributed by atoms with van der Waals surface area (Å²) in [5.41, 5.74) is 2.16. The molecule has 0 N–H and O–H groups in total. The summed E-state index contributed by atoms with van der Waals surface area (Å²) in [5, 5.41) is 4.42. The average molecular weight is 382 g/mol. The second kappa shape index (κ2) is 8.31. The van der Waals surface area contributed by atoms with Crippen LogP contribution < -0.4 is 4.90 Å². The summed E-state index contributed by atoms with van der Waals surface area (Å²) in [6, 6.07) is 8.41. The fourth-order valence-electron chi connectivity index (χ4n) is 3.76. The van der Waals surface area contributed by atoms with Crippen LogP contribution in [0.5, 0.6) is 0 Å². The molecule has 0 unspecified atom stereocenters. The molecule has 3 heterocycles. The topological polar surface area (TPSA) is 45.2 Å². The van der Waals surface area contributed by atoms with E-state index in [2.05, 4.69) is 51.5 Å². The van der Waals surface area contributed by atoms with Crippen LogP contribution in [0, 0.1) is 6.92 Å². The molecule has 6 heteroatoms. The summed E-state index contributed by atoms with van der Waals surface area (Å²) >= 11 is 1.70. The van der Waals surface area contributed by atoms with E-state index in [1.807, 2.05) is 6.92 Å². The minimum Gasteiger partial charge on any atom is -0.356 e. The van der Waals surface area contributed by atoms with E-state index in [0.29, 0.717) is 0 Å². The standard InChI is InChI=1S/C21H27N5S/c1-16-22-17(15-27-16)13-25(2)14-20-23-19-10-6-5-9-18(19)21(24-20)26-11-7-3-4-8-12-26/h5-6,9-10,15H,3-4,7-8,11-14H2,1-2H3. The maximum absolute atomic E-state index is 5.01. The molecule has 0 amide bonds. The zero-order valence-corrected chi connectivity index (χ0v) is 17.0. The lowest BCUT2D eigenvalue weighted by atomic mass is 10.2. The van der Waals surface area contributed by atoms with Gasteiger partial charge in [0.1, 0.15) is 11.6 Å². The molecular weight excluding hydrogens is 354 g/mol. The molecule has 1 aliphatic heterocycles. The van der Waals surface area contributed by atoms with Crippen LogP contribution in [-0.2, 0) is 13.1 Å². The third-order valence-corrected chi connectivity index (χ3v) is 5.87. The SMILES string of the molecule is Cc1nc(CN(C)Cc2nc(N3CCCCCC3)c3ccccc3n2)cs1. The van der Waals surface area contributed by atoms with Crippen molar-refractivity contribution in [3.63, 3.8) is 0 Å². The summed E-state index contributed by atoms with van der Waals surface area (Å²) in [4.78, 5) is 19.1. The van der Waals surface area contributed by atoms with Crippen molar-refractivity contribution in [3.8, 4) is 0 Å². The first-order valence-corrected chi connectivity index (χ1v) is 10.7. The largest absolute Gasteiger partial charge is 0.356 e. The lowest BCUT2D eigenvalue weighted by Gasteiger charge is -2.24. The van der Waals surface area contributed by atoms with Gasteiger partial charge in [-0.3, -0.25) is 4.90 Å². The van der Waals surface area contributed by atoms with Gasteiger partial charge in [-0.1, -0.05) is 25.0 Å². The molecule has 27 heavy (non-hydrogen) atoms. The van der Waals surface area contributed by atoms with Crippen LogP contribution in [0.1, 0.15) is 42.2 Å². The highest BCUT2D eigenvalue weighted by atomic mass is 32.1. The second-order valence-electron chi connectivity index (χ2n) is 7.41. The van der Waals surface area contributed by atoms with Crippen molar-refractivity contribution >= 4 is 28.1 Å². The normalized spacial score (nSPS) is 15.4. The molecule has 3 aromatic rings. The quantitative estimate of drug-likeness (QED) is 0.655. The molecule has 0 aliphatic carbocycles. The van der Waals surface area contributed by atoms with Gasteiger partial charge < -0.3 is 4.90 Å². The highest BCUT2D eigenvalue weighted by molar-refractivity contribution is 7.09. The fraction of sp³-hybridized carbons (Fsp3) is 0.476. The summed E-state index contributed by atoms with van der Waals surface area (Å²) in [7, 11) is 2.11. The predicted molar refractivity (Wildman–Crippen MR) is 112 cm³/mol. The third kappa shape index (κ3) is 4.45. The molecule has 0 saturated carbocycles. The third-order valence-electron chi connectivity index (χ3n) is 5.04. The number of hydrogen-bond donors (Lipinski definition) is 0. The first-order valence-electron chi connectivity index (χ1n) is 9.79. The van der Waals surface area contributed by atoms with E-state index in [9.17, 15) is 0 Å². The van der Waals surface area contributed by atoms with E-state index < -0.39 is 0 Å². The lowest BCUT2D eigenvalue weighted by molar-refractivity contribution is 0.308. The molecule has 0 bridgehead atoms. The van der Waals surface area contributed by atoms with Crippen LogP contribution in [0.2, 0.25) is 0 Å². The van der Waals surface area contributed by atoms with Gasteiger partial charge in [0, 0.05) is 30.4 Å². The van der Waals surface area contributed by atoms with Gasteiger partial charge in [-0.05, 0) is 38.9 Å². The molecule has 1 aliphatic rings. The number of rotatable bonds is 5. The van der Waals surface area contributed by atoms with E-state index in [0.717, 1.165) is 54.0 Å². The number of thiazole rings is 1. The number of nitrogens with zero attached hydrogens (tertiary/aromatic N) is 5. The Labute approximate surface area is 165 Å². The molecule has 2 aromatic heterocycles. The van der Waals surface area contributed by atoms with E-state index in [1.54, 1.807) is 11.3 Å². The van der Waals surface area contributed by atoms with Gasteiger partial charge in [0.05, 0.1) is 22.8 Å². The Hall–Kier alpha value is -2.05. The molecule has 0 radical (unpaired) electrons.